The van der Waals surface area contributed by atoms with Crippen LogP contribution < -0.4 is 5.32 Å². The second-order valence-electron chi connectivity index (χ2n) is 4.42. The van der Waals surface area contributed by atoms with Crippen LogP contribution in [0.2, 0.25) is 0 Å². The Morgan fingerprint density at radius 1 is 1.22 bits per heavy atom. The van der Waals surface area contributed by atoms with Crippen LogP contribution in [0.3, 0.4) is 0 Å². The lowest BCUT2D eigenvalue weighted by atomic mass is 9.96. The number of nitriles is 1. The third-order valence-electron chi connectivity index (χ3n) is 2.55. The fraction of sp³-hybridized carbons (Fsp3) is 0.462. The largest absolute Gasteiger partial charge is 0.418 e. The summed E-state index contributed by atoms with van der Waals surface area (Å²) in [7, 11) is 0. The summed E-state index contributed by atoms with van der Waals surface area (Å²) in [5.41, 5.74) is -1.07. The van der Waals surface area contributed by atoms with E-state index in [1.54, 1.807) is 13.0 Å². The fourth-order valence-electron chi connectivity index (χ4n) is 1.93. The molecule has 98 valence electrons. The van der Waals surface area contributed by atoms with Gasteiger partial charge in [-0.15, -0.1) is 0 Å². The maximum atomic E-state index is 13.0. The predicted molar refractivity (Wildman–Crippen MR) is 62.8 cm³/mol. The molecular formula is C13H15F3N2. The predicted octanol–water partition coefficient (Wildman–Crippen LogP) is 3.64. The molecule has 0 saturated heterocycles. The first-order valence-electron chi connectivity index (χ1n) is 5.63. The highest BCUT2D eigenvalue weighted by molar-refractivity contribution is 5.45. The van der Waals surface area contributed by atoms with Crippen molar-refractivity contribution in [3.63, 3.8) is 0 Å². The topological polar surface area (TPSA) is 35.8 Å². The molecule has 0 radical (unpaired) electrons. The minimum absolute atomic E-state index is 0.0619. The van der Waals surface area contributed by atoms with Crippen LogP contribution in [-0.2, 0) is 6.18 Å². The Morgan fingerprint density at radius 3 is 2.28 bits per heavy atom. The smallest absolute Gasteiger partial charge is 0.308 e. The molecule has 0 saturated carbocycles. The van der Waals surface area contributed by atoms with E-state index in [2.05, 4.69) is 5.32 Å². The zero-order valence-electron chi connectivity index (χ0n) is 10.5. The van der Waals surface area contributed by atoms with Gasteiger partial charge in [0.15, 0.2) is 0 Å². The molecule has 18 heavy (non-hydrogen) atoms. The fourth-order valence-corrected chi connectivity index (χ4v) is 1.93. The van der Waals surface area contributed by atoms with Crippen LogP contribution >= 0.6 is 0 Å². The molecule has 0 aliphatic heterocycles. The van der Waals surface area contributed by atoms with Gasteiger partial charge >= 0.3 is 6.18 Å². The van der Waals surface area contributed by atoms with Gasteiger partial charge < -0.3 is 5.32 Å². The van der Waals surface area contributed by atoms with Crippen LogP contribution in [0.5, 0.6) is 0 Å². The summed E-state index contributed by atoms with van der Waals surface area (Å²) in [6.07, 6.45) is -4.52. The molecule has 0 spiro atoms. The molecule has 0 bridgehead atoms. The molecule has 2 nitrogen and oxygen atoms in total. The van der Waals surface area contributed by atoms with Crippen LogP contribution in [0.25, 0.3) is 0 Å². The van der Waals surface area contributed by atoms with Crippen molar-refractivity contribution in [2.24, 2.45) is 0 Å². The number of hydrogen-bond donors (Lipinski definition) is 1. The average Bonchev–Trinajstić information content (AvgIpc) is 2.25. The summed E-state index contributed by atoms with van der Waals surface area (Å²) in [5, 5.41) is 11.8. The molecule has 0 aliphatic rings. The second kappa shape index (κ2) is 5.40. The molecule has 0 heterocycles. The zero-order chi connectivity index (χ0) is 13.9. The lowest BCUT2D eigenvalue weighted by Crippen LogP contribution is -2.28. The maximum Gasteiger partial charge on any atom is 0.418 e. The molecular weight excluding hydrogens is 241 g/mol. The molecule has 1 aromatic carbocycles. The van der Waals surface area contributed by atoms with Gasteiger partial charge in [-0.25, -0.2) is 0 Å². The number of nitrogens with zero attached hydrogens (tertiary/aromatic N) is 1. The molecule has 1 N–H and O–H groups in total. The van der Waals surface area contributed by atoms with E-state index in [1.165, 1.54) is 18.2 Å². The molecule has 1 atom stereocenters. The van der Waals surface area contributed by atoms with Crippen molar-refractivity contribution in [1.29, 1.82) is 5.26 Å². The standard InChI is InChI=1S/C13H15F3N2/c1-8(2)18-9(3)11-6-4-5-10(7-17)12(11)13(14,15)16/h4-6,8-9,18H,1-3H3/t9-/m1/s1. The molecule has 0 aromatic heterocycles. The molecule has 1 rings (SSSR count). The SMILES string of the molecule is CC(C)N[C@H](C)c1cccc(C#N)c1C(F)(F)F. The molecule has 1 aromatic rings. The van der Waals surface area contributed by atoms with Crippen LogP contribution in [0.1, 0.15) is 43.5 Å². The highest BCUT2D eigenvalue weighted by atomic mass is 19.4. The number of rotatable bonds is 3. The molecule has 0 amide bonds. The van der Waals surface area contributed by atoms with Gasteiger partial charge in [0, 0.05) is 12.1 Å². The van der Waals surface area contributed by atoms with E-state index in [0.29, 0.717) is 0 Å². The Morgan fingerprint density at radius 2 is 1.83 bits per heavy atom. The normalized spacial score (nSPS) is 13.4. The van der Waals surface area contributed by atoms with Gasteiger partial charge in [-0.2, -0.15) is 18.4 Å². The second-order valence-corrected chi connectivity index (χ2v) is 4.42. The summed E-state index contributed by atoms with van der Waals surface area (Å²) < 4.78 is 39.0. The van der Waals surface area contributed by atoms with Crippen LogP contribution in [0.15, 0.2) is 18.2 Å². The molecule has 0 aliphatic carbocycles. The van der Waals surface area contributed by atoms with E-state index < -0.39 is 17.8 Å². The van der Waals surface area contributed by atoms with Gasteiger partial charge in [-0.05, 0) is 18.6 Å². The van der Waals surface area contributed by atoms with Gasteiger partial charge in [0.05, 0.1) is 17.2 Å². The third kappa shape index (κ3) is 3.23. The highest BCUT2D eigenvalue weighted by Crippen LogP contribution is 2.36. The minimum Gasteiger partial charge on any atom is -0.308 e. The Kier molecular flexibility index (Phi) is 4.36. The Hall–Kier alpha value is -1.54. The van der Waals surface area contributed by atoms with Gasteiger partial charge in [0.2, 0.25) is 0 Å². The van der Waals surface area contributed by atoms with E-state index in [1.807, 2.05) is 13.8 Å². The quantitative estimate of drug-likeness (QED) is 0.896. The summed E-state index contributed by atoms with van der Waals surface area (Å²) in [4.78, 5) is 0. The maximum absolute atomic E-state index is 13.0. The van der Waals surface area contributed by atoms with Crippen molar-refractivity contribution in [3.05, 3.63) is 34.9 Å². The average molecular weight is 256 g/mol. The van der Waals surface area contributed by atoms with Crippen LogP contribution in [0.4, 0.5) is 13.2 Å². The first kappa shape index (κ1) is 14.5. The first-order valence-corrected chi connectivity index (χ1v) is 5.63. The van der Waals surface area contributed by atoms with Crippen LogP contribution in [-0.4, -0.2) is 6.04 Å². The zero-order valence-corrected chi connectivity index (χ0v) is 10.5. The van der Waals surface area contributed by atoms with E-state index in [0.717, 1.165) is 0 Å². The van der Waals surface area contributed by atoms with E-state index in [-0.39, 0.29) is 17.2 Å². The van der Waals surface area contributed by atoms with E-state index in [9.17, 15) is 13.2 Å². The number of halogens is 3. The number of benzene rings is 1. The van der Waals surface area contributed by atoms with Gasteiger partial charge in [-0.3, -0.25) is 0 Å². The Labute approximate surface area is 104 Å². The lowest BCUT2D eigenvalue weighted by molar-refractivity contribution is -0.138. The van der Waals surface area contributed by atoms with Gasteiger partial charge in [-0.1, -0.05) is 26.0 Å². The molecule has 5 heteroatoms. The lowest BCUT2D eigenvalue weighted by Gasteiger charge is -2.22. The van der Waals surface area contributed by atoms with E-state index in [4.69, 9.17) is 5.26 Å². The summed E-state index contributed by atoms with van der Waals surface area (Å²) in [5.74, 6) is 0. The third-order valence-corrected chi connectivity index (χ3v) is 2.55. The van der Waals surface area contributed by atoms with Crippen LogP contribution in [0, 0.1) is 11.3 Å². The highest BCUT2D eigenvalue weighted by Gasteiger charge is 2.37. The monoisotopic (exact) mass is 256 g/mol. The van der Waals surface area contributed by atoms with Crippen molar-refractivity contribution in [3.8, 4) is 6.07 Å². The Balaban J connectivity index is 3.32. The summed E-state index contributed by atoms with van der Waals surface area (Å²) >= 11 is 0. The van der Waals surface area contributed by atoms with Gasteiger partial charge in [0.1, 0.15) is 0 Å². The van der Waals surface area contributed by atoms with Crippen molar-refractivity contribution in [2.45, 2.75) is 39.0 Å². The van der Waals surface area contributed by atoms with Crippen molar-refractivity contribution >= 4 is 0 Å². The summed E-state index contributed by atoms with van der Waals surface area (Å²) in [6.45, 7) is 5.38. The molecule has 0 unspecified atom stereocenters. The summed E-state index contributed by atoms with van der Waals surface area (Å²) in [6, 6.07) is 5.27. The minimum atomic E-state index is -4.52. The number of alkyl halides is 3. The van der Waals surface area contributed by atoms with E-state index >= 15 is 0 Å². The van der Waals surface area contributed by atoms with Crippen molar-refractivity contribution < 1.29 is 13.2 Å². The van der Waals surface area contributed by atoms with Gasteiger partial charge in [0.25, 0.3) is 0 Å². The Bertz CT molecular complexity index is 458. The van der Waals surface area contributed by atoms with Crippen molar-refractivity contribution in [2.75, 3.05) is 0 Å². The van der Waals surface area contributed by atoms with Crippen molar-refractivity contribution in [1.82, 2.24) is 5.32 Å². The number of nitrogens with one attached hydrogen (secondary N) is 1. The molecule has 0 fully saturated rings. The first-order chi connectivity index (χ1) is 8.27. The number of hydrogen-bond acceptors (Lipinski definition) is 2.